The molecule has 0 aromatic heterocycles. The maximum Gasteiger partial charge on any atom is 0.223 e. The van der Waals surface area contributed by atoms with Gasteiger partial charge in [-0.1, -0.05) is 42.5 Å². The van der Waals surface area contributed by atoms with E-state index in [2.05, 4.69) is 40.5 Å². The minimum atomic E-state index is -0.0161. The molecule has 3 atom stereocenters. The van der Waals surface area contributed by atoms with Crippen LogP contribution in [0.4, 0.5) is 0 Å². The minimum Gasteiger partial charge on any atom is -0.497 e. The van der Waals surface area contributed by atoms with Gasteiger partial charge in [0, 0.05) is 50.4 Å². The number of hydrogen-bond acceptors (Lipinski definition) is 5. The van der Waals surface area contributed by atoms with E-state index in [9.17, 15) is 9.59 Å². The number of nitrogens with zero attached hydrogens (tertiary/aromatic N) is 2. The van der Waals surface area contributed by atoms with Crippen LogP contribution in [0.1, 0.15) is 49.1 Å². The van der Waals surface area contributed by atoms with Gasteiger partial charge in [-0.3, -0.25) is 14.5 Å². The molecule has 4 aliphatic rings. The summed E-state index contributed by atoms with van der Waals surface area (Å²) in [7, 11) is 1.67. The van der Waals surface area contributed by atoms with Crippen LogP contribution in [0.2, 0.25) is 0 Å². The van der Waals surface area contributed by atoms with Gasteiger partial charge < -0.3 is 15.0 Å². The molecule has 1 amide bonds. The van der Waals surface area contributed by atoms with E-state index in [-0.39, 0.29) is 23.3 Å². The van der Waals surface area contributed by atoms with Crippen LogP contribution in [0.15, 0.2) is 54.6 Å². The predicted octanol–water partition coefficient (Wildman–Crippen LogP) is 3.86. The van der Waals surface area contributed by atoms with Gasteiger partial charge in [0.15, 0.2) is 5.78 Å². The van der Waals surface area contributed by atoms with E-state index in [1.807, 2.05) is 29.2 Å². The molecule has 0 radical (unpaired) electrons. The number of likely N-dealkylation sites (tertiary alicyclic amines) is 2. The Morgan fingerprint density at radius 2 is 1.78 bits per heavy atom. The highest BCUT2D eigenvalue weighted by atomic mass is 16.5. The first-order valence-electron chi connectivity index (χ1n) is 14.0. The third-order valence-corrected chi connectivity index (χ3v) is 9.36. The van der Waals surface area contributed by atoms with Gasteiger partial charge in [0.25, 0.3) is 0 Å². The summed E-state index contributed by atoms with van der Waals surface area (Å²) < 4.78 is 5.27. The van der Waals surface area contributed by atoms with Gasteiger partial charge in [0.1, 0.15) is 5.75 Å². The van der Waals surface area contributed by atoms with Crippen molar-refractivity contribution in [3.63, 3.8) is 0 Å². The quantitative estimate of drug-likeness (QED) is 0.595. The van der Waals surface area contributed by atoms with Gasteiger partial charge in [-0.2, -0.15) is 0 Å². The smallest absolute Gasteiger partial charge is 0.223 e. The Bertz CT molecular complexity index is 1110. The van der Waals surface area contributed by atoms with E-state index < -0.39 is 0 Å². The molecule has 1 saturated carbocycles. The Morgan fingerprint density at radius 3 is 2.46 bits per heavy atom. The Morgan fingerprint density at radius 1 is 1.05 bits per heavy atom. The fourth-order valence-corrected chi connectivity index (χ4v) is 7.06. The zero-order valence-corrected chi connectivity index (χ0v) is 21.9. The Balaban J connectivity index is 1.14. The molecule has 1 N–H and O–H groups in total. The van der Waals surface area contributed by atoms with E-state index in [1.165, 1.54) is 5.56 Å². The lowest BCUT2D eigenvalue weighted by Gasteiger charge is -2.44. The highest BCUT2D eigenvalue weighted by Crippen LogP contribution is 2.45. The number of hydrogen-bond donors (Lipinski definition) is 1. The van der Waals surface area contributed by atoms with Gasteiger partial charge in [-0.05, 0) is 67.4 Å². The second-order valence-electron chi connectivity index (χ2n) is 11.8. The number of amides is 1. The lowest BCUT2D eigenvalue weighted by atomic mass is 9.75. The number of carbonyl (C=O) groups is 2. The molecule has 6 nitrogen and oxygen atoms in total. The van der Waals surface area contributed by atoms with E-state index in [0.29, 0.717) is 30.6 Å². The van der Waals surface area contributed by atoms with Crippen molar-refractivity contribution < 1.29 is 14.3 Å². The molecule has 1 spiro atoms. The molecule has 1 unspecified atom stereocenters. The number of benzene rings is 2. The van der Waals surface area contributed by atoms with Crippen molar-refractivity contribution in [3.8, 4) is 5.75 Å². The maximum atomic E-state index is 13.7. The molecule has 3 saturated heterocycles. The van der Waals surface area contributed by atoms with Gasteiger partial charge in [0.2, 0.25) is 5.91 Å². The van der Waals surface area contributed by atoms with Crippen LogP contribution in [-0.4, -0.2) is 67.4 Å². The molecule has 3 heterocycles. The van der Waals surface area contributed by atoms with Gasteiger partial charge >= 0.3 is 0 Å². The molecule has 1 aliphatic carbocycles. The number of piperidine rings is 1. The number of ether oxygens (including phenoxy) is 1. The standard InChI is InChI=1S/C31H39N3O3/c1-37-25-11-7-22(8-12-25)20-34-21-31(17-28(34)35)13-15-33(16-14-31)29(30(36)24-9-10-24)27-19-32-18-26(27)23-5-3-2-4-6-23/h2-8,11-12,24,26-27,29,32H,9-10,13-21H2,1H3/t26-,27-,29?/m1/s1. The zero-order chi connectivity index (χ0) is 25.4. The van der Waals surface area contributed by atoms with Crippen LogP contribution in [0, 0.1) is 17.3 Å². The summed E-state index contributed by atoms with van der Waals surface area (Å²) in [5.74, 6) is 2.50. The van der Waals surface area contributed by atoms with E-state index in [4.69, 9.17) is 4.74 Å². The molecular formula is C31H39N3O3. The van der Waals surface area contributed by atoms with Crippen molar-refractivity contribution in [2.45, 2.75) is 50.6 Å². The number of ketones is 1. The minimum absolute atomic E-state index is 0.0161. The predicted molar refractivity (Wildman–Crippen MR) is 143 cm³/mol. The summed E-state index contributed by atoms with van der Waals surface area (Å²) in [6, 6.07) is 18.7. The van der Waals surface area contributed by atoms with Crippen LogP contribution >= 0.6 is 0 Å². The van der Waals surface area contributed by atoms with Crippen LogP contribution < -0.4 is 10.1 Å². The molecule has 6 heteroatoms. The number of rotatable bonds is 8. The van der Waals surface area contributed by atoms with Crippen molar-refractivity contribution >= 4 is 11.7 Å². The Hall–Kier alpha value is -2.70. The summed E-state index contributed by atoms with van der Waals surface area (Å²) in [5, 5.41) is 3.61. The van der Waals surface area contributed by atoms with Gasteiger partial charge in [-0.15, -0.1) is 0 Å². The summed E-state index contributed by atoms with van der Waals surface area (Å²) in [5.41, 5.74) is 2.52. The van der Waals surface area contributed by atoms with E-state index in [1.54, 1.807) is 7.11 Å². The fraction of sp³-hybridized carbons (Fsp3) is 0.548. The lowest BCUT2D eigenvalue weighted by molar-refractivity contribution is -0.130. The highest BCUT2D eigenvalue weighted by Gasteiger charge is 2.50. The normalized spacial score (nSPS) is 26.5. The molecule has 2 aromatic rings. The molecule has 4 fully saturated rings. The molecular weight excluding hydrogens is 462 g/mol. The monoisotopic (exact) mass is 501 g/mol. The van der Waals surface area contributed by atoms with E-state index in [0.717, 1.165) is 69.7 Å². The molecule has 6 rings (SSSR count). The van der Waals surface area contributed by atoms with Crippen molar-refractivity contribution in [1.29, 1.82) is 0 Å². The molecule has 2 aromatic carbocycles. The van der Waals surface area contributed by atoms with Crippen LogP contribution in [-0.2, 0) is 16.1 Å². The molecule has 3 aliphatic heterocycles. The maximum absolute atomic E-state index is 13.7. The van der Waals surface area contributed by atoms with Crippen LogP contribution in [0.25, 0.3) is 0 Å². The van der Waals surface area contributed by atoms with Gasteiger partial charge in [0.05, 0.1) is 13.2 Å². The van der Waals surface area contributed by atoms with E-state index >= 15 is 0 Å². The topological polar surface area (TPSA) is 61.9 Å². The SMILES string of the molecule is COc1ccc(CN2CC3(CCN(C(C(=O)C4CC4)[C@@H]4CNC[C@@H]4c4ccccc4)CC3)CC2=O)cc1. The van der Waals surface area contributed by atoms with Crippen molar-refractivity contribution in [1.82, 2.24) is 15.1 Å². The van der Waals surface area contributed by atoms with Crippen LogP contribution in [0.5, 0.6) is 5.75 Å². The fourth-order valence-electron chi connectivity index (χ4n) is 7.06. The second-order valence-corrected chi connectivity index (χ2v) is 11.8. The largest absolute Gasteiger partial charge is 0.497 e. The molecule has 37 heavy (non-hydrogen) atoms. The number of methoxy groups -OCH3 is 1. The zero-order valence-electron chi connectivity index (χ0n) is 21.9. The Kier molecular flexibility index (Phi) is 6.80. The molecule has 196 valence electrons. The molecule has 0 bridgehead atoms. The second kappa shape index (κ2) is 10.2. The van der Waals surface area contributed by atoms with Crippen LogP contribution in [0.3, 0.4) is 0 Å². The first-order chi connectivity index (χ1) is 18.0. The summed E-state index contributed by atoms with van der Waals surface area (Å²) in [4.78, 5) is 31.3. The average molecular weight is 502 g/mol. The number of carbonyl (C=O) groups excluding carboxylic acids is 2. The number of nitrogens with one attached hydrogen (secondary N) is 1. The first-order valence-corrected chi connectivity index (χ1v) is 14.0. The summed E-state index contributed by atoms with van der Waals surface area (Å²) >= 11 is 0. The summed E-state index contributed by atoms with van der Waals surface area (Å²) in [6.07, 6.45) is 4.72. The van der Waals surface area contributed by atoms with Crippen molar-refractivity contribution in [2.24, 2.45) is 17.3 Å². The first kappa shape index (κ1) is 24.6. The lowest BCUT2D eigenvalue weighted by Crippen LogP contribution is -2.53. The van der Waals surface area contributed by atoms with Crippen molar-refractivity contribution in [2.75, 3.05) is 39.8 Å². The third-order valence-electron chi connectivity index (χ3n) is 9.36. The van der Waals surface area contributed by atoms with Gasteiger partial charge in [-0.25, -0.2) is 0 Å². The number of Topliss-reactive ketones (excluding diaryl/α,β-unsaturated/α-hetero) is 1. The third kappa shape index (κ3) is 5.06. The van der Waals surface area contributed by atoms with Crippen molar-refractivity contribution in [3.05, 3.63) is 65.7 Å². The highest BCUT2D eigenvalue weighted by molar-refractivity contribution is 5.88. The Labute approximate surface area is 220 Å². The summed E-state index contributed by atoms with van der Waals surface area (Å²) in [6.45, 7) is 5.14. The average Bonchev–Trinajstić information content (AvgIpc) is 3.60.